The number of carbonyl (C=O) groups excluding carboxylic acids is 1. The average Bonchev–Trinajstić information content (AvgIpc) is 2.81. The van der Waals surface area contributed by atoms with E-state index < -0.39 is 0 Å². The molecule has 3 rings (SSSR count). The number of benzene rings is 2. The molecule has 1 aliphatic heterocycles. The van der Waals surface area contributed by atoms with E-state index in [4.69, 9.17) is 0 Å². The van der Waals surface area contributed by atoms with Crippen LogP contribution in [0.4, 0.5) is 0 Å². The third-order valence-corrected chi connectivity index (χ3v) is 4.22. The molecule has 0 aliphatic carbocycles. The Kier molecular flexibility index (Phi) is 3.36. The van der Waals surface area contributed by atoms with Crippen LogP contribution >= 0.6 is 15.9 Å². The summed E-state index contributed by atoms with van der Waals surface area (Å²) >= 11 is 3.44. The van der Waals surface area contributed by atoms with Crippen LogP contribution in [0.5, 0.6) is 0 Å². The number of nitrogens with one attached hydrogen (secondary N) is 2. The molecular weight excluding hydrogens is 316 g/mol. The lowest BCUT2D eigenvalue weighted by molar-refractivity contribution is -0.119. The van der Waals surface area contributed by atoms with Gasteiger partial charge in [-0.15, -0.1) is 0 Å². The van der Waals surface area contributed by atoms with Crippen LogP contribution in [0.3, 0.4) is 0 Å². The molecule has 0 bridgehead atoms. The van der Waals surface area contributed by atoms with Crippen molar-refractivity contribution in [1.29, 1.82) is 0 Å². The molecule has 20 heavy (non-hydrogen) atoms. The number of hydrazine groups is 1. The van der Waals surface area contributed by atoms with Gasteiger partial charge in [0.15, 0.2) is 0 Å². The number of rotatable bonds is 2. The molecular formula is C16H15BrN2O. The molecule has 0 aromatic heterocycles. The van der Waals surface area contributed by atoms with Gasteiger partial charge in [0.05, 0.1) is 12.0 Å². The first-order chi connectivity index (χ1) is 9.57. The van der Waals surface area contributed by atoms with Gasteiger partial charge in [0, 0.05) is 4.47 Å². The number of hydrogen-bond donors (Lipinski definition) is 2. The van der Waals surface area contributed by atoms with Gasteiger partial charge in [-0.1, -0.05) is 52.3 Å². The molecule has 0 radical (unpaired) electrons. The summed E-state index contributed by atoms with van der Waals surface area (Å²) in [5.74, 6) is 0.0319. The van der Waals surface area contributed by atoms with E-state index >= 15 is 0 Å². The molecule has 1 saturated heterocycles. The van der Waals surface area contributed by atoms with Crippen molar-refractivity contribution in [3.63, 3.8) is 0 Å². The second-order valence-corrected chi connectivity index (χ2v) is 6.18. The van der Waals surface area contributed by atoms with Gasteiger partial charge in [-0.3, -0.25) is 10.2 Å². The molecule has 4 heteroatoms. The summed E-state index contributed by atoms with van der Waals surface area (Å²) in [4.78, 5) is 11.4. The third kappa shape index (κ3) is 2.49. The van der Waals surface area contributed by atoms with Crippen LogP contribution in [0.1, 0.15) is 18.9 Å². The molecule has 3 nitrogen and oxygen atoms in total. The second kappa shape index (κ2) is 5.04. The maximum absolute atomic E-state index is 11.4. The Morgan fingerprint density at radius 3 is 2.05 bits per heavy atom. The van der Waals surface area contributed by atoms with Crippen LogP contribution in [0.2, 0.25) is 0 Å². The lowest BCUT2D eigenvalue weighted by atomic mass is 9.89. The van der Waals surface area contributed by atoms with E-state index in [0.717, 1.165) is 10.0 Å². The zero-order valence-electron chi connectivity index (χ0n) is 11.1. The van der Waals surface area contributed by atoms with E-state index in [2.05, 4.69) is 63.2 Å². The Balaban J connectivity index is 1.88. The fraction of sp³-hybridized carbons (Fsp3) is 0.188. The Hall–Kier alpha value is -1.65. The van der Waals surface area contributed by atoms with Gasteiger partial charge in [0.25, 0.3) is 0 Å². The van der Waals surface area contributed by atoms with Crippen molar-refractivity contribution in [2.75, 3.05) is 0 Å². The van der Waals surface area contributed by atoms with Crippen molar-refractivity contribution in [3.8, 4) is 11.1 Å². The zero-order valence-corrected chi connectivity index (χ0v) is 12.7. The monoisotopic (exact) mass is 330 g/mol. The number of halogens is 1. The fourth-order valence-corrected chi connectivity index (χ4v) is 2.73. The molecule has 0 saturated carbocycles. The zero-order chi connectivity index (χ0) is 14.2. The van der Waals surface area contributed by atoms with Gasteiger partial charge in [-0.05, 0) is 35.7 Å². The van der Waals surface area contributed by atoms with Gasteiger partial charge in [-0.2, -0.15) is 0 Å². The first-order valence-electron chi connectivity index (χ1n) is 6.49. The van der Waals surface area contributed by atoms with Gasteiger partial charge in [0.1, 0.15) is 0 Å². The van der Waals surface area contributed by atoms with Crippen LogP contribution < -0.4 is 10.9 Å². The smallest absolute Gasteiger partial charge is 0.236 e. The van der Waals surface area contributed by atoms with Crippen molar-refractivity contribution in [3.05, 3.63) is 58.6 Å². The Morgan fingerprint density at radius 1 is 1.00 bits per heavy atom. The Bertz CT molecular complexity index is 637. The van der Waals surface area contributed by atoms with E-state index in [0.29, 0.717) is 6.42 Å². The van der Waals surface area contributed by atoms with Crippen LogP contribution in [0, 0.1) is 0 Å². The van der Waals surface area contributed by atoms with Crippen molar-refractivity contribution in [2.45, 2.75) is 18.9 Å². The highest BCUT2D eigenvalue weighted by atomic mass is 79.9. The Morgan fingerprint density at radius 2 is 1.55 bits per heavy atom. The largest absolute Gasteiger partial charge is 0.291 e. The first-order valence-corrected chi connectivity index (χ1v) is 7.29. The second-order valence-electron chi connectivity index (χ2n) is 5.27. The summed E-state index contributed by atoms with van der Waals surface area (Å²) in [6.45, 7) is 2.03. The number of amides is 1. The maximum Gasteiger partial charge on any atom is 0.236 e. The minimum Gasteiger partial charge on any atom is -0.291 e. The normalized spacial score (nSPS) is 21.8. The minimum absolute atomic E-state index is 0.0319. The topological polar surface area (TPSA) is 41.1 Å². The van der Waals surface area contributed by atoms with Crippen LogP contribution in [-0.2, 0) is 10.3 Å². The lowest BCUT2D eigenvalue weighted by Crippen LogP contribution is -2.38. The van der Waals surface area contributed by atoms with E-state index in [-0.39, 0.29) is 11.4 Å². The summed E-state index contributed by atoms with van der Waals surface area (Å²) in [6, 6.07) is 16.6. The standard InChI is InChI=1S/C16H15BrN2O/c1-16(10-15(20)18-19-16)13-6-2-11(3-7-13)12-4-8-14(17)9-5-12/h2-9,19H,10H2,1H3,(H,18,20). The summed E-state index contributed by atoms with van der Waals surface area (Å²) in [6.07, 6.45) is 0.463. The highest BCUT2D eigenvalue weighted by Crippen LogP contribution is 2.29. The predicted molar refractivity (Wildman–Crippen MR) is 82.8 cm³/mol. The van der Waals surface area contributed by atoms with Gasteiger partial charge >= 0.3 is 0 Å². The first kappa shape index (κ1) is 13.3. The molecule has 1 aliphatic rings. The maximum atomic E-state index is 11.4. The Labute approximate surface area is 126 Å². The van der Waals surface area contributed by atoms with Crippen molar-refractivity contribution >= 4 is 21.8 Å². The van der Waals surface area contributed by atoms with Crippen LogP contribution in [0.15, 0.2) is 53.0 Å². The summed E-state index contributed by atoms with van der Waals surface area (Å²) < 4.78 is 1.07. The lowest BCUT2D eigenvalue weighted by Gasteiger charge is -2.23. The third-order valence-electron chi connectivity index (χ3n) is 3.69. The molecule has 2 aromatic rings. The van der Waals surface area contributed by atoms with Crippen molar-refractivity contribution in [1.82, 2.24) is 10.9 Å². The highest BCUT2D eigenvalue weighted by molar-refractivity contribution is 9.10. The van der Waals surface area contributed by atoms with Crippen LogP contribution in [0.25, 0.3) is 11.1 Å². The number of carbonyl (C=O) groups is 1. The van der Waals surface area contributed by atoms with Crippen molar-refractivity contribution < 1.29 is 4.79 Å². The highest BCUT2D eigenvalue weighted by Gasteiger charge is 2.35. The molecule has 102 valence electrons. The van der Waals surface area contributed by atoms with Gasteiger partial charge < -0.3 is 0 Å². The molecule has 2 N–H and O–H groups in total. The van der Waals surface area contributed by atoms with Crippen molar-refractivity contribution in [2.24, 2.45) is 0 Å². The molecule has 2 aromatic carbocycles. The molecule has 1 unspecified atom stereocenters. The minimum atomic E-state index is -0.324. The summed E-state index contributed by atoms with van der Waals surface area (Å²) in [5, 5.41) is 0. The summed E-state index contributed by atoms with van der Waals surface area (Å²) in [7, 11) is 0. The average molecular weight is 331 g/mol. The number of hydrogen-bond acceptors (Lipinski definition) is 2. The molecule has 1 fully saturated rings. The molecule has 1 atom stereocenters. The fourth-order valence-electron chi connectivity index (χ4n) is 2.46. The molecule has 1 amide bonds. The van der Waals surface area contributed by atoms with Gasteiger partial charge in [-0.25, -0.2) is 5.43 Å². The van der Waals surface area contributed by atoms with E-state index in [1.165, 1.54) is 11.1 Å². The quantitative estimate of drug-likeness (QED) is 0.886. The SMILES string of the molecule is CC1(c2ccc(-c3ccc(Br)cc3)cc2)CC(=O)NN1. The summed E-state index contributed by atoms with van der Waals surface area (Å²) in [5.41, 5.74) is 8.86. The van der Waals surface area contributed by atoms with E-state index in [1.807, 2.05) is 19.1 Å². The molecule has 1 heterocycles. The van der Waals surface area contributed by atoms with Crippen LogP contribution in [-0.4, -0.2) is 5.91 Å². The van der Waals surface area contributed by atoms with E-state index in [1.54, 1.807) is 0 Å². The molecule has 0 spiro atoms. The van der Waals surface area contributed by atoms with Gasteiger partial charge in [0.2, 0.25) is 5.91 Å². The van der Waals surface area contributed by atoms with E-state index in [9.17, 15) is 4.79 Å². The predicted octanol–water partition coefficient (Wildman–Crippen LogP) is 3.36.